The summed E-state index contributed by atoms with van der Waals surface area (Å²) < 4.78 is 27.7. The third-order valence-electron chi connectivity index (χ3n) is 3.80. The van der Waals surface area contributed by atoms with Crippen LogP contribution in [-0.4, -0.2) is 5.92 Å². The van der Waals surface area contributed by atoms with Crippen LogP contribution in [0.15, 0.2) is 0 Å². The van der Waals surface area contributed by atoms with Crippen molar-refractivity contribution in [1.82, 2.24) is 0 Å². The highest BCUT2D eigenvalue weighted by atomic mass is 19.3. The molecule has 0 radical (unpaired) electrons. The molecule has 0 aromatic carbocycles. The van der Waals surface area contributed by atoms with E-state index in [4.69, 9.17) is 0 Å². The molecule has 0 heterocycles. The molecule has 2 aliphatic carbocycles. The largest absolute Gasteiger partial charge is 0.253 e. The van der Waals surface area contributed by atoms with E-state index >= 15 is 0 Å². The zero-order valence-corrected chi connectivity index (χ0v) is 8.07. The van der Waals surface area contributed by atoms with Crippen molar-refractivity contribution in [2.24, 2.45) is 11.8 Å². The van der Waals surface area contributed by atoms with Gasteiger partial charge >= 0.3 is 0 Å². The van der Waals surface area contributed by atoms with Crippen molar-refractivity contribution in [3.63, 3.8) is 0 Å². The molecule has 0 amide bonds. The van der Waals surface area contributed by atoms with Crippen LogP contribution in [0.1, 0.15) is 51.4 Å². The minimum atomic E-state index is -2.34. The maximum absolute atomic E-state index is 13.8. The van der Waals surface area contributed by atoms with Crippen molar-refractivity contribution in [2.45, 2.75) is 57.3 Å². The molecular weight excluding hydrogens is 170 g/mol. The molecule has 0 aliphatic heterocycles. The summed E-state index contributed by atoms with van der Waals surface area (Å²) in [6.45, 7) is 0. The molecule has 0 spiro atoms. The summed E-state index contributed by atoms with van der Waals surface area (Å²) >= 11 is 0. The SMILES string of the molecule is FC(F)(C1CCCC1)C1CCCC1. The molecule has 2 heteroatoms. The van der Waals surface area contributed by atoms with Gasteiger partial charge in [0.05, 0.1) is 0 Å². The molecule has 2 rings (SSSR count). The van der Waals surface area contributed by atoms with E-state index in [0.29, 0.717) is 0 Å². The van der Waals surface area contributed by atoms with Crippen LogP contribution in [0.3, 0.4) is 0 Å². The predicted octanol–water partition coefficient (Wildman–Crippen LogP) is 4.00. The molecule has 13 heavy (non-hydrogen) atoms. The number of hydrogen-bond acceptors (Lipinski definition) is 0. The summed E-state index contributed by atoms with van der Waals surface area (Å²) in [5.74, 6) is -2.90. The Hall–Kier alpha value is -0.140. The van der Waals surface area contributed by atoms with E-state index in [2.05, 4.69) is 0 Å². The van der Waals surface area contributed by atoms with Crippen LogP contribution in [0, 0.1) is 11.8 Å². The van der Waals surface area contributed by atoms with Crippen molar-refractivity contribution in [3.05, 3.63) is 0 Å². The second-order valence-electron chi connectivity index (χ2n) is 4.64. The second kappa shape index (κ2) is 3.55. The van der Waals surface area contributed by atoms with E-state index in [1.165, 1.54) is 0 Å². The van der Waals surface area contributed by atoms with Crippen LogP contribution in [0.4, 0.5) is 8.78 Å². The molecule has 2 saturated carbocycles. The van der Waals surface area contributed by atoms with Gasteiger partial charge in [0.15, 0.2) is 0 Å². The van der Waals surface area contributed by atoms with Crippen LogP contribution >= 0.6 is 0 Å². The highest BCUT2D eigenvalue weighted by Crippen LogP contribution is 2.47. The van der Waals surface area contributed by atoms with Crippen LogP contribution in [0.25, 0.3) is 0 Å². The van der Waals surface area contributed by atoms with E-state index in [1.807, 2.05) is 0 Å². The lowest BCUT2D eigenvalue weighted by Gasteiger charge is -2.28. The van der Waals surface area contributed by atoms with E-state index in [1.54, 1.807) is 0 Å². The first-order valence-corrected chi connectivity index (χ1v) is 5.59. The van der Waals surface area contributed by atoms with E-state index in [-0.39, 0.29) is 11.8 Å². The van der Waals surface area contributed by atoms with Gasteiger partial charge in [0.25, 0.3) is 5.92 Å². The summed E-state index contributed by atoms with van der Waals surface area (Å²) in [5.41, 5.74) is 0. The Kier molecular flexibility index (Phi) is 2.57. The Morgan fingerprint density at radius 2 is 1.00 bits per heavy atom. The Bertz CT molecular complexity index is 147. The van der Waals surface area contributed by atoms with E-state index in [0.717, 1.165) is 51.4 Å². The normalized spacial score (nSPS) is 27.2. The second-order valence-corrected chi connectivity index (χ2v) is 4.64. The molecule has 0 atom stereocenters. The molecule has 0 aromatic heterocycles. The summed E-state index contributed by atoms with van der Waals surface area (Å²) in [4.78, 5) is 0. The summed E-state index contributed by atoms with van der Waals surface area (Å²) in [6.07, 6.45) is 7.15. The maximum Gasteiger partial charge on any atom is 0.253 e. The van der Waals surface area contributed by atoms with Gasteiger partial charge in [-0.3, -0.25) is 0 Å². The molecule has 0 aromatic rings. The molecular formula is C11H18F2. The van der Waals surface area contributed by atoms with Gasteiger partial charge in [-0.05, 0) is 25.7 Å². The minimum absolute atomic E-state index is 0.282. The minimum Gasteiger partial charge on any atom is -0.206 e. The fourth-order valence-electron chi connectivity index (χ4n) is 2.95. The molecule has 2 aliphatic rings. The maximum atomic E-state index is 13.8. The monoisotopic (exact) mass is 188 g/mol. The Morgan fingerprint density at radius 1 is 0.692 bits per heavy atom. The lowest BCUT2D eigenvalue weighted by Crippen LogP contribution is -2.33. The molecule has 0 unspecified atom stereocenters. The first kappa shape index (κ1) is 9.42. The van der Waals surface area contributed by atoms with Gasteiger partial charge in [-0.25, -0.2) is 8.78 Å². The fourth-order valence-corrected chi connectivity index (χ4v) is 2.95. The van der Waals surface area contributed by atoms with Gasteiger partial charge < -0.3 is 0 Å². The number of rotatable bonds is 2. The van der Waals surface area contributed by atoms with Crippen molar-refractivity contribution in [1.29, 1.82) is 0 Å². The highest BCUT2D eigenvalue weighted by Gasteiger charge is 2.47. The van der Waals surface area contributed by atoms with E-state index < -0.39 is 5.92 Å². The number of hydrogen-bond donors (Lipinski definition) is 0. The van der Waals surface area contributed by atoms with Gasteiger partial charge in [0, 0.05) is 11.8 Å². The average molecular weight is 188 g/mol. The summed E-state index contributed by atoms with van der Waals surface area (Å²) in [6, 6.07) is 0. The molecule has 0 nitrogen and oxygen atoms in total. The fraction of sp³-hybridized carbons (Fsp3) is 1.00. The van der Waals surface area contributed by atoms with Gasteiger partial charge in [-0.1, -0.05) is 25.7 Å². The van der Waals surface area contributed by atoms with E-state index in [9.17, 15) is 8.78 Å². The first-order chi connectivity index (χ1) is 6.21. The molecule has 0 N–H and O–H groups in total. The topological polar surface area (TPSA) is 0 Å². The zero-order chi connectivity index (χ0) is 9.31. The smallest absolute Gasteiger partial charge is 0.206 e. The van der Waals surface area contributed by atoms with Gasteiger partial charge in [-0.15, -0.1) is 0 Å². The van der Waals surface area contributed by atoms with Crippen LogP contribution in [-0.2, 0) is 0 Å². The lowest BCUT2D eigenvalue weighted by molar-refractivity contribution is -0.105. The first-order valence-electron chi connectivity index (χ1n) is 5.59. The quantitative estimate of drug-likeness (QED) is 0.614. The summed E-state index contributed by atoms with van der Waals surface area (Å²) in [5, 5.41) is 0. The Balaban J connectivity index is 1.99. The summed E-state index contributed by atoms with van der Waals surface area (Å²) in [7, 11) is 0. The Labute approximate surface area is 78.7 Å². The zero-order valence-electron chi connectivity index (χ0n) is 8.07. The molecule has 2 fully saturated rings. The standard InChI is InChI=1S/C11H18F2/c12-11(13,9-5-1-2-6-9)10-7-3-4-8-10/h9-10H,1-8H2. The van der Waals surface area contributed by atoms with Crippen molar-refractivity contribution < 1.29 is 8.78 Å². The highest BCUT2D eigenvalue weighted by molar-refractivity contribution is 4.89. The van der Waals surface area contributed by atoms with Crippen LogP contribution < -0.4 is 0 Å². The van der Waals surface area contributed by atoms with Gasteiger partial charge in [0.2, 0.25) is 0 Å². The van der Waals surface area contributed by atoms with Crippen LogP contribution in [0.5, 0.6) is 0 Å². The third-order valence-corrected chi connectivity index (χ3v) is 3.80. The predicted molar refractivity (Wildman–Crippen MR) is 48.9 cm³/mol. The lowest BCUT2D eigenvalue weighted by atomic mass is 9.87. The third kappa shape index (κ3) is 1.72. The molecule has 0 bridgehead atoms. The van der Waals surface area contributed by atoms with Gasteiger partial charge in [-0.2, -0.15) is 0 Å². The number of alkyl halides is 2. The molecule has 0 saturated heterocycles. The van der Waals surface area contributed by atoms with Gasteiger partial charge in [0.1, 0.15) is 0 Å². The number of halogens is 2. The van der Waals surface area contributed by atoms with Crippen molar-refractivity contribution >= 4 is 0 Å². The van der Waals surface area contributed by atoms with Crippen LogP contribution in [0.2, 0.25) is 0 Å². The Morgan fingerprint density at radius 3 is 1.31 bits per heavy atom. The van der Waals surface area contributed by atoms with Crippen molar-refractivity contribution in [3.8, 4) is 0 Å². The molecule has 76 valence electrons. The average Bonchev–Trinajstić information content (AvgIpc) is 2.78. The van der Waals surface area contributed by atoms with Crippen molar-refractivity contribution in [2.75, 3.05) is 0 Å².